The summed E-state index contributed by atoms with van der Waals surface area (Å²) >= 11 is 0. The van der Waals surface area contributed by atoms with Gasteiger partial charge < -0.3 is 14.4 Å². The Kier molecular flexibility index (Phi) is 4.20. The standard InChI is InChI=1S/C14H19NO3/c1-17-10-14(16)15-7-5-11-3-4-13(18-2)9-12(11)6-8-15/h3-4,9H,5-8,10H2,1-2H3. The van der Waals surface area contributed by atoms with E-state index in [4.69, 9.17) is 9.47 Å². The molecule has 0 N–H and O–H groups in total. The molecular formula is C14H19NO3. The first kappa shape index (κ1) is 12.9. The number of nitrogens with zero attached hydrogens (tertiary/aromatic N) is 1. The number of methoxy groups -OCH3 is 2. The van der Waals surface area contributed by atoms with Crippen molar-refractivity contribution in [3.63, 3.8) is 0 Å². The zero-order chi connectivity index (χ0) is 13.0. The van der Waals surface area contributed by atoms with Gasteiger partial charge in [0.05, 0.1) is 7.11 Å². The van der Waals surface area contributed by atoms with Crippen LogP contribution in [0.3, 0.4) is 0 Å². The first-order valence-electron chi connectivity index (χ1n) is 6.17. The first-order valence-corrected chi connectivity index (χ1v) is 6.17. The number of carbonyl (C=O) groups excluding carboxylic acids is 1. The summed E-state index contributed by atoms with van der Waals surface area (Å²) in [6.07, 6.45) is 1.77. The highest BCUT2D eigenvalue weighted by Crippen LogP contribution is 2.21. The van der Waals surface area contributed by atoms with Crippen molar-refractivity contribution in [2.45, 2.75) is 12.8 Å². The average molecular weight is 249 g/mol. The van der Waals surface area contributed by atoms with E-state index in [9.17, 15) is 4.79 Å². The molecule has 0 aliphatic carbocycles. The highest BCUT2D eigenvalue weighted by molar-refractivity contribution is 5.77. The van der Waals surface area contributed by atoms with E-state index in [-0.39, 0.29) is 12.5 Å². The second kappa shape index (κ2) is 5.87. The van der Waals surface area contributed by atoms with Crippen LogP contribution in [0.5, 0.6) is 5.75 Å². The number of fused-ring (bicyclic) bond motifs is 1. The van der Waals surface area contributed by atoms with Crippen molar-refractivity contribution in [2.24, 2.45) is 0 Å². The molecule has 0 unspecified atom stereocenters. The molecule has 0 saturated heterocycles. The van der Waals surface area contributed by atoms with Crippen molar-refractivity contribution in [3.8, 4) is 5.75 Å². The molecule has 1 amide bonds. The highest BCUT2D eigenvalue weighted by atomic mass is 16.5. The second-order valence-electron chi connectivity index (χ2n) is 4.45. The van der Waals surface area contributed by atoms with Crippen LogP contribution in [0.15, 0.2) is 18.2 Å². The Labute approximate surface area is 107 Å². The normalized spacial score (nSPS) is 14.9. The van der Waals surface area contributed by atoms with Crippen LogP contribution in [0.1, 0.15) is 11.1 Å². The fraction of sp³-hybridized carbons (Fsp3) is 0.500. The summed E-state index contributed by atoms with van der Waals surface area (Å²) in [6.45, 7) is 1.68. The van der Waals surface area contributed by atoms with Crippen LogP contribution in [-0.4, -0.2) is 44.7 Å². The van der Waals surface area contributed by atoms with E-state index in [0.29, 0.717) is 0 Å². The number of amides is 1. The molecule has 1 aromatic rings. The van der Waals surface area contributed by atoms with Crippen molar-refractivity contribution < 1.29 is 14.3 Å². The fourth-order valence-electron chi connectivity index (χ4n) is 2.29. The maximum Gasteiger partial charge on any atom is 0.248 e. The molecular weight excluding hydrogens is 230 g/mol. The van der Waals surface area contributed by atoms with Gasteiger partial charge >= 0.3 is 0 Å². The molecule has 1 aromatic carbocycles. The van der Waals surface area contributed by atoms with Crippen LogP contribution < -0.4 is 4.74 Å². The van der Waals surface area contributed by atoms with Gasteiger partial charge in [-0.1, -0.05) is 6.07 Å². The number of carbonyl (C=O) groups is 1. The van der Waals surface area contributed by atoms with Crippen molar-refractivity contribution in [1.29, 1.82) is 0 Å². The highest BCUT2D eigenvalue weighted by Gasteiger charge is 2.18. The topological polar surface area (TPSA) is 38.8 Å². The van der Waals surface area contributed by atoms with Gasteiger partial charge in [-0.15, -0.1) is 0 Å². The third kappa shape index (κ3) is 2.82. The third-order valence-corrected chi connectivity index (χ3v) is 3.34. The molecule has 0 spiro atoms. The molecule has 1 aliphatic rings. The number of rotatable bonds is 3. The van der Waals surface area contributed by atoms with Gasteiger partial charge in [0.1, 0.15) is 12.4 Å². The Morgan fingerprint density at radius 1 is 1.22 bits per heavy atom. The van der Waals surface area contributed by atoms with Crippen molar-refractivity contribution in [2.75, 3.05) is 33.9 Å². The van der Waals surface area contributed by atoms with E-state index in [1.807, 2.05) is 11.0 Å². The quantitative estimate of drug-likeness (QED) is 0.809. The fourth-order valence-corrected chi connectivity index (χ4v) is 2.29. The smallest absolute Gasteiger partial charge is 0.248 e. The average Bonchev–Trinajstić information content (AvgIpc) is 2.60. The van der Waals surface area contributed by atoms with Gasteiger partial charge in [0.25, 0.3) is 0 Å². The molecule has 0 saturated carbocycles. The monoisotopic (exact) mass is 249 g/mol. The molecule has 0 bridgehead atoms. The van der Waals surface area contributed by atoms with Gasteiger partial charge in [-0.2, -0.15) is 0 Å². The maximum atomic E-state index is 11.8. The van der Waals surface area contributed by atoms with Gasteiger partial charge in [0.2, 0.25) is 5.91 Å². The Morgan fingerprint density at radius 3 is 2.61 bits per heavy atom. The summed E-state index contributed by atoms with van der Waals surface area (Å²) in [4.78, 5) is 13.7. The van der Waals surface area contributed by atoms with Crippen LogP contribution >= 0.6 is 0 Å². The van der Waals surface area contributed by atoms with Gasteiger partial charge in [0.15, 0.2) is 0 Å². The zero-order valence-corrected chi connectivity index (χ0v) is 10.9. The molecule has 0 radical (unpaired) electrons. The van der Waals surface area contributed by atoms with Crippen molar-refractivity contribution >= 4 is 5.91 Å². The number of benzene rings is 1. The van der Waals surface area contributed by atoms with Gasteiger partial charge in [-0.3, -0.25) is 4.79 Å². The van der Waals surface area contributed by atoms with Crippen LogP contribution in [0.2, 0.25) is 0 Å². The molecule has 4 heteroatoms. The first-order chi connectivity index (χ1) is 8.74. The van der Waals surface area contributed by atoms with Crippen LogP contribution in [0.4, 0.5) is 0 Å². The molecule has 98 valence electrons. The number of hydrogen-bond donors (Lipinski definition) is 0. The Balaban J connectivity index is 2.09. The third-order valence-electron chi connectivity index (χ3n) is 3.34. The Morgan fingerprint density at radius 2 is 1.94 bits per heavy atom. The lowest BCUT2D eigenvalue weighted by Gasteiger charge is -2.19. The predicted molar refractivity (Wildman–Crippen MR) is 68.9 cm³/mol. The Hall–Kier alpha value is -1.55. The molecule has 18 heavy (non-hydrogen) atoms. The van der Waals surface area contributed by atoms with Crippen molar-refractivity contribution in [1.82, 2.24) is 4.90 Å². The molecule has 0 atom stereocenters. The molecule has 1 heterocycles. The summed E-state index contributed by atoms with van der Waals surface area (Å²) in [5.41, 5.74) is 2.59. The SMILES string of the molecule is COCC(=O)N1CCc2ccc(OC)cc2CC1. The van der Waals surface area contributed by atoms with E-state index < -0.39 is 0 Å². The lowest BCUT2D eigenvalue weighted by atomic mass is 10.0. The van der Waals surface area contributed by atoms with Crippen molar-refractivity contribution in [3.05, 3.63) is 29.3 Å². The van der Waals surface area contributed by atoms with Gasteiger partial charge in [0, 0.05) is 20.2 Å². The van der Waals surface area contributed by atoms with Gasteiger partial charge in [-0.05, 0) is 36.1 Å². The molecule has 0 aromatic heterocycles. The van der Waals surface area contributed by atoms with E-state index >= 15 is 0 Å². The molecule has 2 rings (SSSR count). The second-order valence-corrected chi connectivity index (χ2v) is 4.45. The van der Waals surface area contributed by atoms with E-state index in [2.05, 4.69) is 12.1 Å². The largest absolute Gasteiger partial charge is 0.497 e. The molecule has 0 fully saturated rings. The Bertz CT molecular complexity index is 431. The zero-order valence-electron chi connectivity index (χ0n) is 10.9. The van der Waals surface area contributed by atoms with Crippen LogP contribution in [0.25, 0.3) is 0 Å². The summed E-state index contributed by atoms with van der Waals surface area (Å²) in [5.74, 6) is 0.947. The molecule has 4 nitrogen and oxygen atoms in total. The minimum atomic E-state index is 0.0669. The van der Waals surface area contributed by atoms with E-state index in [1.165, 1.54) is 11.1 Å². The molecule has 1 aliphatic heterocycles. The number of ether oxygens (including phenoxy) is 2. The minimum Gasteiger partial charge on any atom is -0.497 e. The van der Waals surface area contributed by atoms with Gasteiger partial charge in [-0.25, -0.2) is 0 Å². The van der Waals surface area contributed by atoms with Crippen LogP contribution in [-0.2, 0) is 22.4 Å². The van der Waals surface area contributed by atoms with E-state index in [1.54, 1.807) is 14.2 Å². The summed E-state index contributed by atoms with van der Waals surface area (Å²) in [7, 11) is 3.22. The van der Waals surface area contributed by atoms with E-state index in [0.717, 1.165) is 31.7 Å². The van der Waals surface area contributed by atoms with Crippen LogP contribution in [0, 0.1) is 0 Å². The summed E-state index contributed by atoms with van der Waals surface area (Å²) < 4.78 is 10.1. The number of hydrogen-bond acceptors (Lipinski definition) is 3. The minimum absolute atomic E-state index is 0.0669. The lowest BCUT2D eigenvalue weighted by molar-refractivity contribution is -0.135. The predicted octanol–water partition coefficient (Wildman–Crippen LogP) is 1.27. The summed E-state index contributed by atoms with van der Waals surface area (Å²) in [5, 5.41) is 0. The summed E-state index contributed by atoms with van der Waals surface area (Å²) in [6, 6.07) is 6.14. The lowest BCUT2D eigenvalue weighted by Crippen LogP contribution is -2.35. The maximum absolute atomic E-state index is 11.8.